The second-order valence-electron chi connectivity index (χ2n) is 6.38. The molecule has 0 aromatic heterocycles. The van der Waals surface area contributed by atoms with Crippen molar-refractivity contribution < 1.29 is 24.5 Å². The highest BCUT2D eigenvalue weighted by Gasteiger charge is 2.51. The number of carboxylic acids is 2. The van der Waals surface area contributed by atoms with E-state index in [4.69, 9.17) is 14.9 Å². The Morgan fingerprint density at radius 3 is 2.74 bits per heavy atom. The zero-order valence-electron chi connectivity index (χ0n) is 12.9. The molecule has 0 saturated carbocycles. The highest BCUT2D eigenvalue weighted by atomic mass is 16.5. The van der Waals surface area contributed by atoms with Crippen molar-refractivity contribution in [3.8, 4) is 0 Å². The van der Waals surface area contributed by atoms with E-state index in [9.17, 15) is 9.59 Å². The first-order valence-electron chi connectivity index (χ1n) is 8.12. The number of nitrogens with one attached hydrogen (secondary N) is 1. The highest BCUT2D eigenvalue weighted by molar-refractivity contribution is 5.92. The predicted molar refractivity (Wildman–Crippen MR) is 82.4 cm³/mol. The third-order valence-corrected chi connectivity index (χ3v) is 4.90. The number of amidine groups is 1. The van der Waals surface area contributed by atoms with Crippen molar-refractivity contribution in [3.63, 3.8) is 0 Å². The standard InChI is InChI=1S/C16H22N2O5/c19-13(20)5-3-1-2-4-9-11-6-7-12(23-11)14(9)15-17-8-10(18-15)16(21)22/h1-2,9-12,14H,3-8H2,(H,17,18)(H,19,20)(H,21,22)/b2-1+. The van der Waals surface area contributed by atoms with Gasteiger partial charge in [-0.15, -0.1) is 0 Å². The van der Waals surface area contributed by atoms with Crippen LogP contribution in [0.25, 0.3) is 0 Å². The molecule has 0 aromatic carbocycles. The van der Waals surface area contributed by atoms with Crippen LogP contribution in [-0.2, 0) is 14.3 Å². The predicted octanol–water partition coefficient (Wildman–Crippen LogP) is 1.05. The second kappa shape index (κ2) is 6.70. The van der Waals surface area contributed by atoms with Gasteiger partial charge in [0.15, 0.2) is 0 Å². The van der Waals surface area contributed by atoms with E-state index < -0.39 is 18.0 Å². The van der Waals surface area contributed by atoms with Crippen LogP contribution in [0.1, 0.15) is 32.1 Å². The van der Waals surface area contributed by atoms with Crippen LogP contribution in [0.15, 0.2) is 17.1 Å². The average molecular weight is 322 g/mol. The number of carbonyl (C=O) groups is 2. The van der Waals surface area contributed by atoms with E-state index in [0.717, 1.165) is 25.1 Å². The molecule has 7 nitrogen and oxygen atoms in total. The Balaban J connectivity index is 1.60. The van der Waals surface area contributed by atoms with Crippen molar-refractivity contribution in [3.05, 3.63) is 12.2 Å². The molecule has 5 atom stereocenters. The van der Waals surface area contributed by atoms with E-state index in [1.807, 2.05) is 12.2 Å². The first kappa shape index (κ1) is 16.0. The lowest BCUT2D eigenvalue weighted by Gasteiger charge is -2.27. The Kier molecular flexibility index (Phi) is 4.66. The lowest BCUT2D eigenvalue weighted by atomic mass is 9.76. The molecule has 126 valence electrons. The van der Waals surface area contributed by atoms with Crippen LogP contribution in [-0.4, -0.2) is 52.8 Å². The normalized spacial score (nSPS) is 35.5. The van der Waals surface area contributed by atoms with Gasteiger partial charge in [-0.25, -0.2) is 4.79 Å². The molecule has 0 radical (unpaired) electrons. The van der Waals surface area contributed by atoms with Gasteiger partial charge in [-0.1, -0.05) is 12.2 Å². The Morgan fingerprint density at radius 2 is 2.04 bits per heavy atom. The second-order valence-corrected chi connectivity index (χ2v) is 6.38. The molecule has 3 aliphatic rings. The quantitative estimate of drug-likeness (QED) is 0.605. The first-order valence-corrected chi connectivity index (χ1v) is 8.12. The third-order valence-electron chi connectivity index (χ3n) is 4.90. The van der Waals surface area contributed by atoms with Crippen LogP contribution in [0.2, 0.25) is 0 Å². The minimum atomic E-state index is -0.877. The van der Waals surface area contributed by atoms with E-state index >= 15 is 0 Å². The summed E-state index contributed by atoms with van der Waals surface area (Å²) in [4.78, 5) is 26.0. The fraction of sp³-hybridized carbons (Fsp3) is 0.688. The number of hydrogen-bond acceptors (Lipinski definition) is 5. The molecule has 7 heteroatoms. The molecule has 0 aliphatic carbocycles. The van der Waals surface area contributed by atoms with Crippen molar-refractivity contribution in [2.75, 3.05) is 6.54 Å². The summed E-state index contributed by atoms with van der Waals surface area (Å²) in [5.41, 5.74) is 0. The summed E-state index contributed by atoms with van der Waals surface area (Å²) in [5, 5.41) is 20.8. The SMILES string of the molecule is O=C(O)CC/C=C/CC1C2CCC(O2)C1C1=NCC(C(=O)O)N1. The number of fused-ring (bicyclic) bond motifs is 2. The van der Waals surface area contributed by atoms with Crippen LogP contribution >= 0.6 is 0 Å². The van der Waals surface area contributed by atoms with Gasteiger partial charge in [0.2, 0.25) is 0 Å². The van der Waals surface area contributed by atoms with Gasteiger partial charge in [0.1, 0.15) is 11.9 Å². The molecule has 0 aromatic rings. The molecular formula is C16H22N2O5. The van der Waals surface area contributed by atoms with Crippen molar-refractivity contribution in [1.29, 1.82) is 0 Å². The molecular weight excluding hydrogens is 300 g/mol. The lowest BCUT2D eigenvalue weighted by Crippen LogP contribution is -2.44. The Labute approximate surface area is 134 Å². The number of allylic oxidation sites excluding steroid dienone is 2. The maximum absolute atomic E-state index is 11.1. The number of aliphatic carboxylic acids is 2. The number of hydrogen-bond donors (Lipinski definition) is 3. The Bertz CT molecular complexity index is 545. The number of carboxylic acid groups (broad SMARTS) is 2. The Hall–Kier alpha value is -1.89. The van der Waals surface area contributed by atoms with Gasteiger partial charge in [-0.2, -0.15) is 0 Å². The molecule has 5 unspecified atom stereocenters. The third kappa shape index (κ3) is 3.39. The summed E-state index contributed by atoms with van der Waals surface area (Å²) < 4.78 is 6.00. The van der Waals surface area contributed by atoms with Crippen molar-refractivity contribution in [1.82, 2.24) is 5.32 Å². The first-order chi connectivity index (χ1) is 11.1. The molecule has 23 heavy (non-hydrogen) atoms. The summed E-state index contributed by atoms with van der Waals surface area (Å²) in [7, 11) is 0. The highest BCUT2D eigenvalue weighted by Crippen LogP contribution is 2.46. The molecule has 2 saturated heterocycles. The summed E-state index contributed by atoms with van der Waals surface area (Å²) in [6.07, 6.45) is 7.75. The maximum Gasteiger partial charge on any atom is 0.328 e. The summed E-state index contributed by atoms with van der Waals surface area (Å²) in [6.45, 7) is 0.278. The lowest BCUT2D eigenvalue weighted by molar-refractivity contribution is -0.139. The molecule has 0 spiro atoms. The fourth-order valence-corrected chi connectivity index (χ4v) is 3.83. The van der Waals surface area contributed by atoms with Crippen molar-refractivity contribution in [2.45, 2.75) is 50.4 Å². The molecule has 0 amide bonds. The summed E-state index contributed by atoms with van der Waals surface area (Å²) in [6, 6.07) is -0.629. The van der Waals surface area contributed by atoms with Gasteiger partial charge in [0, 0.05) is 18.3 Å². The van der Waals surface area contributed by atoms with Crippen LogP contribution in [0.5, 0.6) is 0 Å². The average Bonchev–Trinajstić information content (AvgIpc) is 3.21. The van der Waals surface area contributed by atoms with Crippen molar-refractivity contribution >= 4 is 17.8 Å². The van der Waals surface area contributed by atoms with Crippen LogP contribution in [0, 0.1) is 11.8 Å². The monoisotopic (exact) mass is 322 g/mol. The van der Waals surface area contributed by atoms with Gasteiger partial charge >= 0.3 is 11.9 Å². The van der Waals surface area contributed by atoms with E-state index in [-0.39, 0.29) is 37.0 Å². The smallest absolute Gasteiger partial charge is 0.328 e. The number of aliphatic imine (C=N–C) groups is 1. The molecule has 3 rings (SSSR count). The zero-order chi connectivity index (χ0) is 16.4. The largest absolute Gasteiger partial charge is 0.481 e. The van der Waals surface area contributed by atoms with E-state index in [1.54, 1.807) is 0 Å². The summed E-state index contributed by atoms with van der Waals surface area (Å²) in [5.74, 6) is -0.484. The fourth-order valence-electron chi connectivity index (χ4n) is 3.83. The molecule has 2 fully saturated rings. The van der Waals surface area contributed by atoms with Crippen LogP contribution in [0.4, 0.5) is 0 Å². The van der Waals surface area contributed by atoms with Crippen LogP contribution < -0.4 is 5.32 Å². The number of ether oxygens (including phenoxy) is 1. The maximum atomic E-state index is 11.1. The topological polar surface area (TPSA) is 108 Å². The number of nitrogens with zero attached hydrogens (tertiary/aromatic N) is 1. The molecule has 3 N–H and O–H groups in total. The van der Waals surface area contributed by atoms with Gasteiger partial charge in [0.25, 0.3) is 0 Å². The number of rotatable bonds is 7. The van der Waals surface area contributed by atoms with E-state index in [1.165, 1.54) is 0 Å². The van der Waals surface area contributed by atoms with Gasteiger partial charge < -0.3 is 20.3 Å². The zero-order valence-corrected chi connectivity index (χ0v) is 12.9. The van der Waals surface area contributed by atoms with Crippen LogP contribution in [0.3, 0.4) is 0 Å². The minimum absolute atomic E-state index is 0.121. The van der Waals surface area contributed by atoms with Crippen molar-refractivity contribution in [2.24, 2.45) is 16.8 Å². The molecule has 3 aliphatic heterocycles. The van der Waals surface area contributed by atoms with E-state index in [0.29, 0.717) is 6.42 Å². The minimum Gasteiger partial charge on any atom is -0.481 e. The van der Waals surface area contributed by atoms with Gasteiger partial charge in [-0.05, 0) is 25.7 Å². The molecule has 2 bridgehead atoms. The van der Waals surface area contributed by atoms with Gasteiger partial charge in [0.05, 0.1) is 18.8 Å². The van der Waals surface area contributed by atoms with E-state index in [2.05, 4.69) is 10.3 Å². The molecule has 3 heterocycles. The summed E-state index contributed by atoms with van der Waals surface area (Å²) >= 11 is 0. The Morgan fingerprint density at radius 1 is 1.26 bits per heavy atom. The van der Waals surface area contributed by atoms with Gasteiger partial charge in [-0.3, -0.25) is 9.79 Å².